The number of nitrogens with zero attached hydrogens (tertiary/aromatic N) is 3. The van der Waals surface area contributed by atoms with Crippen LogP contribution in [0.15, 0.2) is 53.4 Å². The summed E-state index contributed by atoms with van der Waals surface area (Å²) in [5.74, 6) is 0. The van der Waals surface area contributed by atoms with Crippen LogP contribution in [0.4, 0.5) is 13.2 Å². The molecule has 0 amide bonds. The van der Waals surface area contributed by atoms with Crippen LogP contribution in [0.5, 0.6) is 0 Å². The Morgan fingerprint density at radius 2 is 1.76 bits per heavy atom. The summed E-state index contributed by atoms with van der Waals surface area (Å²) in [5.41, 5.74) is 0.392. The number of alkyl halides is 3. The second kappa shape index (κ2) is 8.14. The fraction of sp³-hybridized carbons (Fsp3) is 0.350. The molecule has 2 aromatic carbocycles. The van der Waals surface area contributed by atoms with E-state index in [1.165, 1.54) is 12.1 Å². The fourth-order valence-corrected chi connectivity index (χ4v) is 5.34. The molecule has 1 heterocycles. The second-order valence-electron chi connectivity index (χ2n) is 7.00. The molecule has 1 aliphatic rings. The molecule has 0 aliphatic carbocycles. The summed E-state index contributed by atoms with van der Waals surface area (Å²) in [5, 5.41) is 8.86. The van der Waals surface area contributed by atoms with Crippen LogP contribution in [0.25, 0.3) is 0 Å². The van der Waals surface area contributed by atoms with Crippen molar-refractivity contribution in [2.24, 2.45) is 0 Å². The fourth-order valence-electron chi connectivity index (χ4n) is 3.51. The molecule has 0 saturated carbocycles. The van der Waals surface area contributed by atoms with Crippen LogP contribution >= 0.6 is 0 Å². The van der Waals surface area contributed by atoms with Gasteiger partial charge in [-0.3, -0.25) is 4.90 Å². The molecule has 0 radical (unpaired) electrons. The molecule has 0 spiro atoms. The maximum absolute atomic E-state index is 13.3. The Hall–Kier alpha value is -2.41. The Bertz CT molecular complexity index is 1010. The predicted molar refractivity (Wildman–Crippen MR) is 101 cm³/mol. The molecule has 0 unspecified atom stereocenters. The number of sulfonamides is 1. The zero-order valence-corrected chi connectivity index (χ0v) is 16.5. The van der Waals surface area contributed by atoms with Gasteiger partial charge >= 0.3 is 6.18 Å². The van der Waals surface area contributed by atoms with Gasteiger partial charge in [0.15, 0.2) is 0 Å². The van der Waals surface area contributed by atoms with Gasteiger partial charge in [0.05, 0.1) is 22.1 Å². The smallest absolute Gasteiger partial charge is 0.296 e. The summed E-state index contributed by atoms with van der Waals surface area (Å²) >= 11 is 0. The van der Waals surface area contributed by atoms with Gasteiger partial charge in [-0.15, -0.1) is 0 Å². The first-order chi connectivity index (χ1) is 13.6. The summed E-state index contributed by atoms with van der Waals surface area (Å²) in [6, 6.07) is 13.0. The molecule has 154 valence electrons. The lowest BCUT2D eigenvalue weighted by Gasteiger charge is -2.39. The Morgan fingerprint density at radius 1 is 1.10 bits per heavy atom. The average molecular weight is 423 g/mol. The van der Waals surface area contributed by atoms with Gasteiger partial charge in [0.2, 0.25) is 10.0 Å². The molecule has 1 atom stereocenters. The Balaban J connectivity index is 1.76. The second-order valence-corrected chi connectivity index (χ2v) is 8.86. The van der Waals surface area contributed by atoms with Gasteiger partial charge in [0, 0.05) is 32.2 Å². The Morgan fingerprint density at radius 3 is 2.34 bits per heavy atom. The number of hydrogen-bond acceptors (Lipinski definition) is 4. The van der Waals surface area contributed by atoms with Crippen molar-refractivity contribution in [1.82, 2.24) is 9.21 Å². The normalized spacial score (nSPS) is 19.1. The zero-order chi connectivity index (χ0) is 21.2. The van der Waals surface area contributed by atoms with Gasteiger partial charge < -0.3 is 0 Å². The molecule has 29 heavy (non-hydrogen) atoms. The number of benzene rings is 2. The molecule has 0 bridgehead atoms. The third-order valence-corrected chi connectivity index (χ3v) is 6.99. The lowest BCUT2D eigenvalue weighted by atomic mass is 10.1. The number of hydrogen-bond donors (Lipinski definition) is 0. The minimum absolute atomic E-state index is 0.103. The highest BCUT2D eigenvalue weighted by atomic mass is 32.2. The Labute approximate surface area is 168 Å². The minimum atomic E-state index is -4.75. The maximum Gasteiger partial charge on any atom is 0.417 e. The van der Waals surface area contributed by atoms with Gasteiger partial charge in [-0.1, -0.05) is 24.3 Å². The van der Waals surface area contributed by atoms with Crippen LogP contribution in [0.1, 0.15) is 23.6 Å². The molecule has 9 heteroatoms. The quantitative estimate of drug-likeness (QED) is 0.756. The van der Waals surface area contributed by atoms with E-state index < -0.39 is 32.7 Å². The molecule has 1 fully saturated rings. The first kappa shape index (κ1) is 21.3. The van der Waals surface area contributed by atoms with Crippen LogP contribution in [0.2, 0.25) is 0 Å². The molecule has 2 aromatic rings. The Kier molecular flexibility index (Phi) is 5.98. The van der Waals surface area contributed by atoms with Gasteiger partial charge in [0.1, 0.15) is 0 Å². The van der Waals surface area contributed by atoms with Crippen molar-refractivity contribution < 1.29 is 21.6 Å². The first-order valence-corrected chi connectivity index (χ1v) is 10.5. The van der Waals surface area contributed by atoms with Gasteiger partial charge in [0.25, 0.3) is 0 Å². The largest absolute Gasteiger partial charge is 0.417 e. The van der Waals surface area contributed by atoms with E-state index in [-0.39, 0.29) is 6.54 Å². The van der Waals surface area contributed by atoms with Crippen molar-refractivity contribution >= 4 is 10.0 Å². The zero-order valence-electron chi connectivity index (χ0n) is 15.7. The molecule has 5 nitrogen and oxygen atoms in total. The highest BCUT2D eigenvalue weighted by Gasteiger charge is 2.41. The molecule has 3 rings (SSSR count). The number of nitriles is 1. The predicted octanol–water partition coefficient (Wildman–Crippen LogP) is 3.47. The van der Waals surface area contributed by atoms with E-state index in [9.17, 15) is 21.6 Å². The molecule has 1 aliphatic heterocycles. The summed E-state index contributed by atoms with van der Waals surface area (Å²) in [6.07, 6.45) is -4.75. The summed E-state index contributed by atoms with van der Waals surface area (Å²) in [6.45, 7) is 3.17. The van der Waals surface area contributed by atoms with E-state index in [1.54, 1.807) is 19.1 Å². The van der Waals surface area contributed by atoms with Crippen molar-refractivity contribution in [3.8, 4) is 6.07 Å². The van der Waals surface area contributed by atoms with Crippen LogP contribution in [-0.2, 0) is 22.7 Å². The summed E-state index contributed by atoms with van der Waals surface area (Å²) < 4.78 is 67.0. The van der Waals surface area contributed by atoms with E-state index in [0.29, 0.717) is 25.2 Å². The molecule has 0 aromatic heterocycles. The van der Waals surface area contributed by atoms with Gasteiger partial charge in [-0.25, -0.2) is 8.42 Å². The van der Waals surface area contributed by atoms with E-state index >= 15 is 0 Å². The number of rotatable bonds is 4. The first-order valence-electron chi connectivity index (χ1n) is 9.02. The summed E-state index contributed by atoms with van der Waals surface area (Å²) in [7, 11) is -4.28. The van der Waals surface area contributed by atoms with Crippen molar-refractivity contribution in [3.63, 3.8) is 0 Å². The lowest BCUT2D eigenvalue weighted by Crippen LogP contribution is -2.53. The highest BCUT2D eigenvalue weighted by molar-refractivity contribution is 7.89. The van der Waals surface area contributed by atoms with E-state index in [1.807, 2.05) is 17.0 Å². The van der Waals surface area contributed by atoms with E-state index in [0.717, 1.165) is 22.0 Å². The third-order valence-electron chi connectivity index (χ3n) is 4.92. The van der Waals surface area contributed by atoms with Crippen LogP contribution < -0.4 is 0 Å². The van der Waals surface area contributed by atoms with Crippen molar-refractivity contribution in [3.05, 3.63) is 65.2 Å². The molecular weight excluding hydrogens is 403 g/mol. The van der Waals surface area contributed by atoms with Crippen LogP contribution in [0, 0.1) is 11.3 Å². The van der Waals surface area contributed by atoms with Crippen LogP contribution in [0.3, 0.4) is 0 Å². The molecule has 1 saturated heterocycles. The SMILES string of the molecule is C[C@@H]1CN(Cc2ccc(C#N)cc2)CCN1S(=O)(=O)c1ccccc1C(F)(F)F. The number of piperazine rings is 1. The van der Waals surface area contributed by atoms with Crippen molar-refractivity contribution in [2.75, 3.05) is 19.6 Å². The van der Waals surface area contributed by atoms with Gasteiger partial charge in [-0.05, 0) is 36.8 Å². The van der Waals surface area contributed by atoms with Crippen LogP contribution in [-0.4, -0.2) is 43.3 Å². The molecular formula is C20H20F3N3O2S. The highest BCUT2D eigenvalue weighted by Crippen LogP contribution is 2.36. The standard InChI is InChI=1S/C20H20F3N3O2S/c1-15-13-25(14-17-8-6-16(12-24)7-9-17)10-11-26(15)29(27,28)19-5-3-2-4-18(19)20(21,22)23/h2-9,15H,10-11,13-14H2,1H3/t15-/m1/s1. The van der Waals surface area contributed by atoms with E-state index in [2.05, 4.69) is 6.07 Å². The van der Waals surface area contributed by atoms with Gasteiger partial charge in [-0.2, -0.15) is 22.7 Å². The third kappa shape index (κ3) is 4.61. The minimum Gasteiger partial charge on any atom is -0.296 e. The summed E-state index contributed by atoms with van der Waals surface area (Å²) in [4.78, 5) is 1.34. The van der Waals surface area contributed by atoms with Crippen molar-refractivity contribution in [1.29, 1.82) is 5.26 Å². The average Bonchev–Trinajstić information content (AvgIpc) is 2.68. The maximum atomic E-state index is 13.3. The molecule has 0 N–H and O–H groups in total. The number of halogens is 3. The monoisotopic (exact) mass is 423 g/mol. The van der Waals surface area contributed by atoms with E-state index in [4.69, 9.17) is 5.26 Å². The topological polar surface area (TPSA) is 64.4 Å². The van der Waals surface area contributed by atoms with Crippen molar-refractivity contribution in [2.45, 2.75) is 30.6 Å². The lowest BCUT2D eigenvalue weighted by molar-refractivity contribution is -0.139.